The molecule has 1 aromatic carbocycles. The first-order chi connectivity index (χ1) is 23.5. The maximum Gasteiger partial charge on any atom is 0.421 e. The number of halogens is 4. The van der Waals surface area contributed by atoms with Crippen LogP contribution in [0.15, 0.2) is 67.3 Å². The minimum Gasteiger partial charge on any atom is -0.467 e. The fourth-order valence-corrected chi connectivity index (χ4v) is 5.92. The molecule has 12 nitrogen and oxygen atoms in total. The van der Waals surface area contributed by atoms with Crippen LogP contribution in [0.4, 0.5) is 39.9 Å². The third-order valence-corrected chi connectivity index (χ3v) is 8.54. The molecule has 16 heteroatoms. The van der Waals surface area contributed by atoms with E-state index in [-0.39, 0.29) is 30.6 Å². The predicted octanol–water partition coefficient (Wildman–Crippen LogP) is 5.44. The van der Waals surface area contributed by atoms with E-state index in [0.717, 1.165) is 16.0 Å². The summed E-state index contributed by atoms with van der Waals surface area (Å²) in [7, 11) is 1.48. The summed E-state index contributed by atoms with van der Waals surface area (Å²) >= 11 is 0. The summed E-state index contributed by atoms with van der Waals surface area (Å²) in [6, 6.07) is 12.6. The Morgan fingerprint density at radius 3 is 2.29 bits per heavy atom. The number of anilines is 3. The van der Waals surface area contributed by atoms with Crippen molar-refractivity contribution in [2.45, 2.75) is 56.2 Å². The first-order valence-electron chi connectivity index (χ1n) is 15.6. The van der Waals surface area contributed by atoms with E-state index in [1.54, 1.807) is 24.7 Å². The number of carbonyl (C=O) groups excluding carboxylic acids is 1. The monoisotopic (exact) mass is 682 g/mol. The number of aliphatic hydroxyl groups is 1. The van der Waals surface area contributed by atoms with Crippen LogP contribution in [0.2, 0.25) is 0 Å². The van der Waals surface area contributed by atoms with Crippen LogP contribution in [-0.4, -0.2) is 80.7 Å². The second kappa shape index (κ2) is 14.2. The van der Waals surface area contributed by atoms with E-state index in [0.29, 0.717) is 43.3 Å². The number of hydrogen-bond donors (Lipinski definition) is 2. The van der Waals surface area contributed by atoms with Gasteiger partial charge >= 0.3 is 18.3 Å². The lowest BCUT2D eigenvalue weighted by Crippen LogP contribution is -2.61. The molecule has 1 saturated heterocycles. The summed E-state index contributed by atoms with van der Waals surface area (Å²) < 4.78 is 66.2. The Hall–Kier alpha value is -5.12. The molecule has 2 N–H and O–H groups in total. The molecule has 0 bridgehead atoms. The van der Waals surface area contributed by atoms with Gasteiger partial charge in [0.05, 0.1) is 26.8 Å². The lowest BCUT2D eigenvalue weighted by molar-refractivity contribution is -0.137. The molecular formula is C33H34F4N8O4. The van der Waals surface area contributed by atoms with Crippen LogP contribution in [0.25, 0.3) is 11.1 Å². The Balaban J connectivity index is 1.16. The minimum absolute atomic E-state index is 0.0225. The molecule has 0 radical (unpaired) electrons. The van der Waals surface area contributed by atoms with Crippen molar-refractivity contribution in [1.29, 1.82) is 0 Å². The van der Waals surface area contributed by atoms with Crippen molar-refractivity contribution >= 4 is 23.7 Å². The second-order valence-electron chi connectivity index (χ2n) is 12.0. The number of methoxy groups -OCH3 is 1. The zero-order chi connectivity index (χ0) is 34.6. The van der Waals surface area contributed by atoms with Crippen molar-refractivity contribution in [3.63, 3.8) is 0 Å². The molecule has 2 fully saturated rings. The topological polar surface area (TPSA) is 139 Å². The van der Waals surface area contributed by atoms with Gasteiger partial charge in [-0.1, -0.05) is 30.3 Å². The number of nitrogens with zero attached hydrogens (tertiary/aromatic N) is 7. The standard InChI is InChI=1S/C33H34F4N8O4/c1-48-30-40-14-23(15-41-30)22-7-12-27(38-13-22)45(31(47)49-17-21-5-3-2-4-6-21)25-10-8-24(9-11-25)42-29-39-16-26(33(35,36)37)28(43-29)44-18-32(34,19-44)20-46/h2-7,12-16,24-25,46H,8-11,17-20H2,1H3,(H,39,42,43). The normalized spacial score (nSPS) is 18.7. The van der Waals surface area contributed by atoms with Crippen molar-refractivity contribution in [2.75, 3.05) is 41.9 Å². The molecule has 0 spiro atoms. The Morgan fingerprint density at radius 2 is 1.67 bits per heavy atom. The zero-order valence-corrected chi connectivity index (χ0v) is 26.5. The molecular weight excluding hydrogens is 648 g/mol. The average molecular weight is 683 g/mol. The van der Waals surface area contributed by atoms with Gasteiger partial charge in [0, 0.05) is 48.0 Å². The first kappa shape index (κ1) is 33.8. The number of nitrogens with one attached hydrogen (secondary N) is 1. The molecule has 4 heterocycles. The number of benzene rings is 1. The summed E-state index contributed by atoms with van der Waals surface area (Å²) in [5, 5.41) is 12.3. The zero-order valence-electron chi connectivity index (χ0n) is 26.5. The predicted molar refractivity (Wildman–Crippen MR) is 171 cm³/mol. The summed E-state index contributed by atoms with van der Waals surface area (Å²) in [5.74, 6) is -0.0705. The van der Waals surface area contributed by atoms with Crippen molar-refractivity contribution in [3.05, 3.63) is 78.4 Å². The fourth-order valence-electron chi connectivity index (χ4n) is 5.92. The molecule has 49 heavy (non-hydrogen) atoms. The molecule has 258 valence electrons. The maximum atomic E-state index is 14.3. The summed E-state index contributed by atoms with van der Waals surface area (Å²) in [4.78, 5) is 37.1. The van der Waals surface area contributed by atoms with E-state index in [2.05, 4.69) is 30.2 Å². The highest BCUT2D eigenvalue weighted by atomic mass is 19.4. The number of carbonyl (C=O) groups is 1. The van der Waals surface area contributed by atoms with Crippen molar-refractivity contribution in [1.82, 2.24) is 24.9 Å². The van der Waals surface area contributed by atoms with Crippen LogP contribution < -0.4 is 19.9 Å². The van der Waals surface area contributed by atoms with E-state index in [9.17, 15) is 27.5 Å². The maximum absolute atomic E-state index is 14.3. The number of pyridine rings is 1. The van der Waals surface area contributed by atoms with E-state index in [4.69, 9.17) is 9.47 Å². The highest BCUT2D eigenvalue weighted by Crippen LogP contribution is 2.40. The quantitative estimate of drug-likeness (QED) is 0.207. The molecule has 0 unspecified atom stereocenters. The first-order valence-corrected chi connectivity index (χ1v) is 15.6. The SMILES string of the molecule is COc1ncc(-c2ccc(N(C(=O)OCc3ccccc3)C3CCC(Nc4ncc(C(F)(F)F)c(N5CC(F)(CO)C5)n4)CC3)nc2)cn1. The fraction of sp³-hybridized carbons (Fsp3) is 0.394. The van der Waals surface area contributed by atoms with E-state index >= 15 is 0 Å². The van der Waals surface area contributed by atoms with E-state index < -0.39 is 49.0 Å². The summed E-state index contributed by atoms with van der Waals surface area (Å²) in [6.45, 7) is -1.54. The molecule has 1 amide bonds. The molecule has 4 aromatic rings. The number of amides is 1. The lowest BCUT2D eigenvalue weighted by Gasteiger charge is -2.44. The minimum atomic E-state index is -4.74. The van der Waals surface area contributed by atoms with Gasteiger partial charge in [-0.15, -0.1) is 0 Å². The van der Waals surface area contributed by atoms with Crippen molar-refractivity contribution in [2.24, 2.45) is 0 Å². The molecule has 3 aromatic heterocycles. The summed E-state index contributed by atoms with van der Waals surface area (Å²) in [6.07, 6.45) is 2.34. The molecule has 1 aliphatic heterocycles. The number of hydrogen-bond acceptors (Lipinski definition) is 11. The number of alkyl halides is 4. The van der Waals surface area contributed by atoms with Crippen LogP contribution in [0.5, 0.6) is 6.01 Å². The summed E-state index contributed by atoms with van der Waals surface area (Å²) in [5.41, 5.74) is -0.782. The average Bonchev–Trinajstić information content (AvgIpc) is 3.10. The van der Waals surface area contributed by atoms with Gasteiger partial charge in [0.1, 0.15) is 23.8 Å². The van der Waals surface area contributed by atoms with Crippen LogP contribution >= 0.6 is 0 Å². The largest absolute Gasteiger partial charge is 0.467 e. The van der Waals surface area contributed by atoms with Crippen LogP contribution in [0, 0.1) is 0 Å². The van der Waals surface area contributed by atoms with Crippen LogP contribution in [0.1, 0.15) is 36.8 Å². The van der Waals surface area contributed by atoms with Gasteiger partial charge in [-0.05, 0) is 43.4 Å². The Kier molecular flexibility index (Phi) is 9.76. The number of aliphatic hydroxyl groups excluding tert-OH is 1. The molecule has 2 aliphatic rings. The smallest absolute Gasteiger partial charge is 0.421 e. The van der Waals surface area contributed by atoms with E-state index in [1.165, 1.54) is 12.0 Å². The highest BCUT2D eigenvalue weighted by molar-refractivity contribution is 5.87. The van der Waals surface area contributed by atoms with Gasteiger partial charge in [0.2, 0.25) is 5.95 Å². The highest BCUT2D eigenvalue weighted by Gasteiger charge is 2.47. The molecule has 1 saturated carbocycles. The van der Waals surface area contributed by atoms with Gasteiger partial charge < -0.3 is 24.8 Å². The van der Waals surface area contributed by atoms with Gasteiger partial charge in [-0.3, -0.25) is 4.90 Å². The number of ether oxygens (including phenoxy) is 2. The van der Waals surface area contributed by atoms with Crippen molar-refractivity contribution in [3.8, 4) is 17.1 Å². The Morgan fingerprint density at radius 1 is 0.980 bits per heavy atom. The van der Waals surface area contributed by atoms with Crippen molar-refractivity contribution < 1.29 is 36.9 Å². The number of aromatic nitrogens is 5. The number of rotatable bonds is 10. The van der Waals surface area contributed by atoms with Gasteiger partial charge in [0.15, 0.2) is 5.67 Å². The molecule has 1 aliphatic carbocycles. The third-order valence-electron chi connectivity index (χ3n) is 8.54. The third kappa shape index (κ3) is 7.80. The Labute approximate surface area is 279 Å². The van der Waals surface area contributed by atoms with E-state index in [1.807, 2.05) is 36.4 Å². The Bertz CT molecular complexity index is 1720. The molecule has 0 atom stereocenters. The van der Waals surface area contributed by atoms with Crippen LogP contribution in [-0.2, 0) is 17.5 Å². The molecule has 6 rings (SSSR count). The second-order valence-corrected chi connectivity index (χ2v) is 12.0. The van der Waals surface area contributed by atoms with Gasteiger partial charge in [-0.2, -0.15) is 18.2 Å². The van der Waals surface area contributed by atoms with Gasteiger partial charge in [-0.25, -0.2) is 29.1 Å². The lowest BCUT2D eigenvalue weighted by atomic mass is 9.90. The van der Waals surface area contributed by atoms with Gasteiger partial charge in [0.25, 0.3) is 0 Å². The van der Waals surface area contributed by atoms with Crippen LogP contribution in [0.3, 0.4) is 0 Å².